The van der Waals surface area contributed by atoms with E-state index >= 15 is 0 Å². The van der Waals surface area contributed by atoms with Crippen molar-refractivity contribution in [1.82, 2.24) is 0 Å². The second kappa shape index (κ2) is 2.89. The van der Waals surface area contributed by atoms with E-state index in [1.54, 1.807) is 6.92 Å². The molecular weight excluding hydrogens is 214 g/mol. The standard InChI is InChI=1S/C8H7BrF2/c1-4-3-6(10)5(2)8(11)7(4)9/h3H,1-2H3. The van der Waals surface area contributed by atoms with Gasteiger partial charge < -0.3 is 0 Å². The highest BCUT2D eigenvalue weighted by atomic mass is 79.9. The van der Waals surface area contributed by atoms with Crippen LogP contribution < -0.4 is 0 Å². The van der Waals surface area contributed by atoms with Gasteiger partial charge in [-0.1, -0.05) is 0 Å². The van der Waals surface area contributed by atoms with Gasteiger partial charge in [0.2, 0.25) is 0 Å². The number of halogens is 3. The molecule has 0 aromatic heterocycles. The summed E-state index contributed by atoms with van der Waals surface area (Å²) in [6, 6.07) is 1.31. The number of benzene rings is 1. The highest BCUT2D eigenvalue weighted by Gasteiger charge is 2.10. The molecule has 0 unspecified atom stereocenters. The molecule has 0 saturated carbocycles. The van der Waals surface area contributed by atoms with Crippen molar-refractivity contribution >= 4 is 15.9 Å². The molecule has 1 aromatic carbocycles. The molecule has 60 valence electrons. The van der Waals surface area contributed by atoms with Gasteiger partial charge in [-0.15, -0.1) is 0 Å². The number of rotatable bonds is 0. The summed E-state index contributed by atoms with van der Waals surface area (Å²) < 4.78 is 26.1. The minimum absolute atomic E-state index is 0.0578. The first kappa shape index (κ1) is 8.65. The van der Waals surface area contributed by atoms with Crippen molar-refractivity contribution in [2.24, 2.45) is 0 Å². The normalized spacial score (nSPS) is 10.3. The van der Waals surface area contributed by atoms with Crippen molar-refractivity contribution in [2.45, 2.75) is 13.8 Å². The van der Waals surface area contributed by atoms with Crippen LogP contribution in [0.3, 0.4) is 0 Å². The molecule has 0 amide bonds. The Hall–Kier alpha value is -0.440. The maximum absolute atomic E-state index is 13.0. The fourth-order valence-electron chi connectivity index (χ4n) is 0.804. The molecule has 0 nitrogen and oxygen atoms in total. The lowest BCUT2D eigenvalue weighted by Gasteiger charge is -2.03. The molecule has 0 aliphatic carbocycles. The van der Waals surface area contributed by atoms with Crippen LogP contribution in [-0.2, 0) is 0 Å². The Labute approximate surface area is 72.4 Å². The lowest BCUT2D eigenvalue weighted by Crippen LogP contribution is -1.92. The van der Waals surface area contributed by atoms with Gasteiger partial charge in [0.25, 0.3) is 0 Å². The predicted molar refractivity (Wildman–Crippen MR) is 43.5 cm³/mol. The highest BCUT2D eigenvalue weighted by Crippen LogP contribution is 2.24. The maximum Gasteiger partial charge on any atom is 0.143 e. The first-order chi connectivity index (χ1) is 5.04. The van der Waals surface area contributed by atoms with Gasteiger partial charge in [-0.3, -0.25) is 0 Å². The molecule has 1 rings (SSSR count). The maximum atomic E-state index is 13.0. The largest absolute Gasteiger partial charge is 0.207 e. The van der Waals surface area contributed by atoms with Crippen LogP contribution in [0.1, 0.15) is 11.1 Å². The number of aryl methyl sites for hydroxylation is 1. The number of hydrogen-bond acceptors (Lipinski definition) is 0. The summed E-state index contributed by atoms with van der Waals surface area (Å²) in [6.45, 7) is 3.06. The monoisotopic (exact) mass is 220 g/mol. The SMILES string of the molecule is Cc1cc(F)c(C)c(F)c1Br. The minimum atomic E-state index is -0.512. The van der Waals surface area contributed by atoms with Crippen molar-refractivity contribution in [3.8, 4) is 0 Å². The summed E-state index contributed by atoms with van der Waals surface area (Å²) in [4.78, 5) is 0. The Morgan fingerprint density at radius 1 is 1.27 bits per heavy atom. The van der Waals surface area contributed by atoms with E-state index in [1.165, 1.54) is 13.0 Å². The number of hydrogen-bond donors (Lipinski definition) is 0. The van der Waals surface area contributed by atoms with Crippen LogP contribution in [0.15, 0.2) is 10.5 Å². The second-order valence-corrected chi connectivity index (χ2v) is 3.22. The summed E-state index contributed by atoms with van der Waals surface area (Å²) >= 11 is 3.02. The van der Waals surface area contributed by atoms with E-state index in [-0.39, 0.29) is 5.56 Å². The zero-order valence-electron chi connectivity index (χ0n) is 6.21. The Morgan fingerprint density at radius 3 is 2.36 bits per heavy atom. The summed E-state index contributed by atoms with van der Waals surface area (Å²) in [5, 5.41) is 0. The fraction of sp³-hybridized carbons (Fsp3) is 0.250. The van der Waals surface area contributed by atoms with Crippen LogP contribution >= 0.6 is 15.9 Å². The summed E-state index contributed by atoms with van der Waals surface area (Å²) in [7, 11) is 0. The van der Waals surface area contributed by atoms with Crippen molar-refractivity contribution < 1.29 is 8.78 Å². The molecule has 0 aliphatic heterocycles. The Morgan fingerprint density at radius 2 is 1.82 bits per heavy atom. The third kappa shape index (κ3) is 1.43. The Kier molecular flexibility index (Phi) is 2.28. The first-order valence-corrected chi connectivity index (χ1v) is 3.94. The molecule has 3 heteroatoms. The molecule has 0 aliphatic rings. The predicted octanol–water partition coefficient (Wildman–Crippen LogP) is 3.34. The van der Waals surface area contributed by atoms with Crippen LogP contribution in [-0.4, -0.2) is 0 Å². The van der Waals surface area contributed by atoms with Crippen molar-refractivity contribution in [1.29, 1.82) is 0 Å². The van der Waals surface area contributed by atoms with Gasteiger partial charge in [-0.05, 0) is 41.4 Å². The molecule has 0 fully saturated rings. The molecular formula is C8H7BrF2. The van der Waals surface area contributed by atoms with Gasteiger partial charge >= 0.3 is 0 Å². The van der Waals surface area contributed by atoms with Gasteiger partial charge in [0.1, 0.15) is 11.6 Å². The van der Waals surface area contributed by atoms with E-state index in [1.807, 2.05) is 0 Å². The van der Waals surface area contributed by atoms with E-state index in [4.69, 9.17) is 0 Å². The minimum Gasteiger partial charge on any atom is -0.207 e. The van der Waals surface area contributed by atoms with Crippen molar-refractivity contribution in [2.75, 3.05) is 0 Å². The molecule has 0 spiro atoms. The zero-order valence-corrected chi connectivity index (χ0v) is 7.80. The van der Waals surface area contributed by atoms with Crippen LogP contribution in [0.25, 0.3) is 0 Å². The van der Waals surface area contributed by atoms with E-state index in [9.17, 15) is 8.78 Å². The Bertz CT molecular complexity index is 268. The summed E-state index contributed by atoms with van der Waals surface area (Å²) in [5.41, 5.74) is 0.632. The molecule has 0 saturated heterocycles. The lowest BCUT2D eigenvalue weighted by atomic mass is 10.1. The Balaban J connectivity index is 3.46. The fourth-order valence-corrected chi connectivity index (χ4v) is 1.22. The van der Waals surface area contributed by atoms with E-state index in [2.05, 4.69) is 15.9 Å². The average Bonchev–Trinajstić information content (AvgIpc) is 1.97. The van der Waals surface area contributed by atoms with E-state index < -0.39 is 11.6 Å². The van der Waals surface area contributed by atoms with Gasteiger partial charge in [0.05, 0.1) is 4.47 Å². The molecule has 0 bridgehead atoms. The molecule has 11 heavy (non-hydrogen) atoms. The molecule has 1 aromatic rings. The lowest BCUT2D eigenvalue weighted by molar-refractivity contribution is 0.561. The van der Waals surface area contributed by atoms with Crippen molar-refractivity contribution in [3.63, 3.8) is 0 Å². The van der Waals surface area contributed by atoms with Gasteiger partial charge in [0.15, 0.2) is 0 Å². The summed E-state index contributed by atoms with van der Waals surface area (Å²) in [6.07, 6.45) is 0. The van der Waals surface area contributed by atoms with Gasteiger partial charge in [-0.25, -0.2) is 8.78 Å². The van der Waals surface area contributed by atoms with Crippen LogP contribution in [0.4, 0.5) is 8.78 Å². The second-order valence-electron chi connectivity index (χ2n) is 2.43. The molecule has 0 heterocycles. The third-order valence-electron chi connectivity index (χ3n) is 1.57. The van der Waals surface area contributed by atoms with Crippen LogP contribution in [0.2, 0.25) is 0 Å². The highest BCUT2D eigenvalue weighted by molar-refractivity contribution is 9.10. The van der Waals surface area contributed by atoms with Gasteiger partial charge in [-0.2, -0.15) is 0 Å². The summed E-state index contributed by atoms with van der Waals surface area (Å²) in [5.74, 6) is -1.01. The van der Waals surface area contributed by atoms with Gasteiger partial charge in [0, 0.05) is 5.56 Å². The van der Waals surface area contributed by atoms with E-state index in [0.717, 1.165) is 0 Å². The molecule has 0 N–H and O–H groups in total. The van der Waals surface area contributed by atoms with E-state index in [0.29, 0.717) is 10.0 Å². The zero-order chi connectivity index (χ0) is 8.59. The average molecular weight is 221 g/mol. The van der Waals surface area contributed by atoms with Crippen molar-refractivity contribution in [3.05, 3.63) is 33.3 Å². The molecule has 0 radical (unpaired) electrons. The quantitative estimate of drug-likeness (QED) is 0.589. The van der Waals surface area contributed by atoms with Crippen LogP contribution in [0, 0.1) is 25.5 Å². The third-order valence-corrected chi connectivity index (χ3v) is 2.54. The smallest absolute Gasteiger partial charge is 0.143 e. The van der Waals surface area contributed by atoms with Crippen LogP contribution in [0.5, 0.6) is 0 Å². The topological polar surface area (TPSA) is 0 Å². The first-order valence-electron chi connectivity index (χ1n) is 3.14. The molecule has 0 atom stereocenters.